The predicted octanol–water partition coefficient (Wildman–Crippen LogP) is 2.48. The van der Waals surface area contributed by atoms with Crippen molar-refractivity contribution in [2.45, 2.75) is 37.8 Å². The average molecular weight is 292 g/mol. The highest BCUT2D eigenvalue weighted by molar-refractivity contribution is 6.33. The Morgan fingerprint density at radius 3 is 2.95 bits per heavy atom. The molecule has 0 aromatic heterocycles. The molecule has 1 aliphatic carbocycles. The number of fused-ring (bicyclic) bond motifs is 1. The number of likely N-dealkylation sites (tertiary alicyclic amines) is 1. The highest BCUT2D eigenvalue weighted by atomic mass is 35.5. The van der Waals surface area contributed by atoms with E-state index >= 15 is 0 Å². The smallest absolute Gasteiger partial charge is 0.228 e. The lowest BCUT2D eigenvalue weighted by atomic mass is 10.1. The fraction of sp³-hybridized carbons (Fsp3) is 0.533. The number of nitrogens with one attached hydrogen (secondary N) is 2. The van der Waals surface area contributed by atoms with E-state index in [4.69, 9.17) is 11.6 Å². The van der Waals surface area contributed by atoms with E-state index in [9.17, 15) is 4.79 Å². The molecule has 1 saturated carbocycles. The quantitative estimate of drug-likeness (QED) is 0.899. The van der Waals surface area contributed by atoms with Gasteiger partial charge in [-0.3, -0.25) is 9.69 Å². The van der Waals surface area contributed by atoms with Gasteiger partial charge in [0.05, 0.1) is 17.1 Å². The van der Waals surface area contributed by atoms with E-state index in [1.165, 1.54) is 25.8 Å². The largest absolute Gasteiger partial charge is 0.380 e. The molecule has 20 heavy (non-hydrogen) atoms. The summed E-state index contributed by atoms with van der Waals surface area (Å²) in [5.41, 5.74) is 2.86. The molecule has 2 fully saturated rings. The summed E-state index contributed by atoms with van der Waals surface area (Å²) in [5.74, 6) is 0.0500. The molecule has 1 unspecified atom stereocenters. The first-order valence-corrected chi connectivity index (χ1v) is 7.70. The van der Waals surface area contributed by atoms with Gasteiger partial charge >= 0.3 is 0 Å². The maximum Gasteiger partial charge on any atom is 0.228 e. The molecule has 2 aliphatic heterocycles. The monoisotopic (exact) mass is 291 g/mol. The van der Waals surface area contributed by atoms with Crippen molar-refractivity contribution in [3.8, 4) is 0 Å². The fourth-order valence-corrected chi connectivity index (χ4v) is 3.47. The lowest BCUT2D eigenvalue weighted by molar-refractivity contribution is -0.115. The summed E-state index contributed by atoms with van der Waals surface area (Å²) in [5, 5.41) is 7.07. The zero-order valence-electron chi connectivity index (χ0n) is 11.3. The van der Waals surface area contributed by atoms with Crippen LogP contribution in [-0.4, -0.2) is 36.0 Å². The third-order valence-corrected chi connectivity index (χ3v) is 4.77. The zero-order valence-corrected chi connectivity index (χ0v) is 12.0. The van der Waals surface area contributed by atoms with Gasteiger partial charge in [0.1, 0.15) is 0 Å². The molecule has 0 bridgehead atoms. The molecular formula is C15H18ClN3O. The van der Waals surface area contributed by atoms with Gasteiger partial charge in [0, 0.05) is 30.9 Å². The molecule has 1 aromatic carbocycles. The summed E-state index contributed by atoms with van der Waals surface area (Å²) in [6, 6.07) is 5.18. The van der Waals surface area contributed by atoms with E-state index in [2.05, 4.69) is 15.5 Å². The molecule has 106 valence electrons. The number of hydrogen-bond acceptors (Lipinski definition) is 3. The van der Waals surface area contributed by atoms with E-state index < -0.39 is 0 Å². The third kappa shape index (κ3) is 2.27. The lowest BCUT2D eigenvalue weighted by Gasteiger charge is -2.18. The number of nitrogens with zero attached hydrogens (tertiary/aromatic N) is 1. The predicted molar refractivity (Wildman–Crippen MR) is 80.4 cm³/mol. The van der Waals surface area contributed by atoms with Crippen LogP contribution in [0, 0.1) is 0 Å². The fourth-order valence-electron chi connectivity index (χ4n) is 3.26. The van der Waals surface area contributed by atoms with Crippen LogP contribution >= 0.6 is 11.6 Å². The van der Waals surface area contributed by atoms with Crippen LogP contribution in [-0.2, 0) is 11.2 Å². The second-order valence-corrected chi connectivity index (χ2v) is 6.48. The van der Waals surface area contributed by atoms with Crippen LogP contribution < -0.4 is 10.6 Å². The Morgan fingerprint density at radius 1 is 1.30 bits per heavy atom. The lowest BCUT2D eigenvalue weighted by Crippen LogP contribution is -2.27. The van der Waals surface area contributed by atoms with Crippen LogP contribution in [0.5, 0.6) is 0 Å². The molecule has 0 radical (unpaired) electrons. The standard InChI is InChI=1S/C15H18ClN3O/c16-12-7-13-9(6-15(20)18-13)5-14(12)17-10-3-4-19(8-10)11-1-2-11/h5,7,10-11,17H,1-4,6,8H2,(H,18,20). The third-order valence-electron chi connectivity index (χ3n) is 4.46. The molecular weight excluding hydrogens is 274 g/mol. The van der Waals surface area contributed by atoms with Crippen molar-refractivity contribution in [3.63, 3.8) is 0 Å². The molecule has 1 atom stereocenters. The molecule has 5 heteroatoms. The first kappa shape index (κ1) is 12.5. The number of amides is 1. The highest BCUT2D eigenvalue weighted by Gasteiger charge is 2.34. The normalized spacial score (nSPS) is 25.6. The van der Waals surface area contributed by atoms with Gasteiger partial charge in [0.15, 0.2) is 0 Å². The van der Waals surface area contributed by atoms with E-state index in [-0.39, 0.29) is 5.91 Å². The summed E-state index contributed by atoms with van der Waals surface area (Å²) in [4.78, 5) is 14.0. The van der Waals surface area contributed by atoms with Crippen molar-refractivity contribution in [3.05, 3.63) is 22.7 Å². The molecule has 2 N–H and O–H groups in total. The number of rotatable bonds is 3. The van der Waals surface area contributed by atoms with Crippen molar-refractivity contribution < 1.29 is 4.79 Å². The van der Waals surface area contributed by atoms with Gasteiger partial charge in [-0.2, -0.15) is 0 Å². The molecule has 4 nitrogen and oxygen atoms in total. The van der Waals surface area contributed by atoms with Crippen LogP contribution in [0.4, 0.5) is 11.4 Å². The van der Waals surface area contributed by atoms with Gasteiger partial charge in [-0.15, -0.1) is 0 Å². The van der Waals surface area contributed by atoms with Gasteiger partial charge in [0.25, 0.3) is 0 Å². The average Bonchev–Trinajstić information content (AvgIpc) is 3.05. The highest BCUT2D eigenvalue weighted by Crippen LogP contribution is 2.35. The first-order chi connectivity index (χ1) is 9.69. The Labute approximate surface area is 123 Å². The molecule has 1 amide bonds. The van der Waals surface area contributed by atoms with Crippen molar-refractivity contribution >= 4 is 28.9 Å². The maximum absolute atomic E-state index is 11.4. The molecule has 3 aliphatic rings. The van der Waals surface area contributed by atoms with E-state index in [1.807, 2.05) is 12.1 Å². The van der Waals surface area contributed by atoms with Crippen LogP contribution in [0.25, 0.3) is 0 Å². The number of benzene rings is 1. The number of carbonyl (C=O) groups excluding carboxylic acids is 1. The molecule has 4 rings (SSSR count). The van der Waals surface area contributed by atoms with E-state index in [1.54, 1.807) is 0 Å². The minimum atomic E-state index is 0.0500. The number of hydrogen-bond donors (Lipinski definition) is 2. The van der Waals surface area contributed by atoms with Gasteiger partial charge in [0.2, 0.25) is 5.91 Å². The van der Waals surface area contributed by atoms with Gasteiger partial charge in [-0.1, -0.05) is 11.6 Å². The van der Waals surface area contributed by atoms with E-state index in [0.29, 0.717) is 17.5 Å². The SMILES string of the molecule is O=C1Cc2cc(NC3CCN(C4CC4)C3)c(Cl)cc2N1. The first-order valence-electron chi connectivity index (χ1n) is 7.32. The van der Waals surface area contributed by atoms with Crippen molar-refractivity contribution in [2.75, 3.05) is 23.7 Å². The summed E-state index contributed by atoms with van der Waals surface area (Å²) in [6.07, 6.45) is 4.35. The Balaban J connectivity index is 1.49. The Bertz CT molecular complexity index is 570. The summed E-state index contributed by atoms with van der Waals surface area (Å²) < 4.78 is 0. The van der Waals surface area contributed by atoms with E-state index in [0.717, 1.165) is 29.5 Å². The molecule has 2 heterocycles. The minimum absolute atomic E-state index is 0.0500. The molecule has 1 aromatic rings. The molecule has 1 saturated heterocycles. The summed E-state index contributed by atoms with van der Waals surface area (Å²) in [7, 11) is 0. The zero-order chi connectivity index (χ0) is 13.7. The molecule has 0 spiro atoms. The van der Waals surface area contributed by atoms with Gasteiger partial charge in [-0.25, -0.2) is 0 Å². The minimum Gasteiger partial charge on any atom is -0.380 e. The van der Waals surface area contributed by atoms with Crippen LogP contribution in [0.15, 0.2) is 12.1 Å². The number of carbonyl (C=O) groups is 1. The van der Waals surface area contributed by atoms with Crippen molar-refractivity contribution in [1.82, 2.24) is 4.90 Å². The Hall–Kier alpha value is -1.26. The van der Waals surface area contributed by atoms with Crippen molar-refractivity contribution in [1.29, 1.82) is 0 Å². The van der Waals surface area contributed by atoms with Gasteiger partial charge in [-0.05, 0) is 37.0 Å². The van der Waals surface area contributed by atoms with Gasteiger partial charge < -0.3 is 10.6 Å². The Morgan fingerprint density at radius 2 is 2.15 bits per heavy atom. The summed E-state index contributed by atoms with van der Waals surface area (Å²) in [6.45, 7) is 2.29. The van der Waals surface area contributed by atoms with Crippen molar-refractivity contribution in [2.24, 2.45) is 0 Å². The Kier molecular flexibility index (Phi) is 2.89. The number of anilines is 2. The second-order valence-electron chi connectivity index (χ2n) is 6.07. The second kappa shape index (κ2) is 4.64. The topological polar surface area (TPSA) is 44.4 Å². The van der Waals surface area contributed by atoms with Crippen LogP contribution in [0.1, 0.15) is 24.8 Å². The van der Waals surface area contributed by atoms with Crippen LogP contribution in [0.2, 0.25) is 5.02 Å². The summed E-state index contributed by atoms with van der Waals surface area (Å²) >= 11 is 6.32. The van der Waals surface area contributed by atoms with Crippen LogP contribution in [0.3, 0.4) is 0 Å². The maximum atomic E-state index is 11.4. The number of halogens is 1.